The molecular weight excluding hydrogens is 194 g/mol. The van der Waals surface area contributed by atoms with Crippen molar-refractivity contribution in [1.82, 2.24) is 4.98 Å². The highest BCUT2D eigenvalue weighted by molar-refractivity contribution is 5.42. The van der Waals surface area contributed by atoms with E-state index in [4.69, 9.17) is 11.5 Å². The van der Waals surface area contributed by atoms with Crippen LogP contribution in [-0.2, 0) is 0 Å². The number of rotatable bonds is 4. The quantitative estimate of drug-likeness (QED) is 0.548. The molecule has 2 atom stereocenters. The number of pyridine rings is 1. The first kappa shape index (κ1) is 11.9. The van der Waals surface area contributed by atoms with Crippen LogP contribution in [-0.4, -0.2) is 27.8 Å². The van der Waals surface area contributed by atoms with Gasteiger partial charge in [0.05, 0.1) is 6.10 Å². The standard InChI is InChI=1S/C10H17N3O2/c1-6-4-7(10(12)13-5-6)9(15)8(14)2-3-11/h4-5,8-9,14-15H,2-3,11H2,1H3,(H2,12,13). The Kier molecular flexibility index (Phi) is 4.02. The minimum absolute atomic E-state index is 0.240. The molecule has 1 heterocycles. The minimum Gasteiger partial charge on any atom is -0.390 e. The molecule has 2 unspecified atom stereocenters. The van der Waals surface area contributed by atoms with Crippen molar-refractivity contribution < 1.29 is 10.2 Å². The van der Waals surface area contributed by atoms with Gasteiger partial charge in [-0.05, 0) is 31.5 Å². The first-order valence-corrected chi connectivity index (χ1v) is 4.84. The lowest BCUT2D eigenvalue weighted by Crippen LogP contribution is -2.23. The van der Waals surface area contributed by atoms with Crippen LogP contribution >= 0.6 is 0 Å². The molecule has 0 bridgehead atoms. The molecule has 15 heavy (non-hydrogen) atoms. The van der Waals surface area contributed by atoms with Crippen LogP contribution in [0.4, 0.5) is 5.82 Å². The summed E-state index contributed by atoms with van der Waals surface area (Å²) < 4.78 is 0. The molecule has 0 aliphatic carbocycles. The van der Waals surface area contributed by atoms with Crippen LogP contribution in [0.2, 0.25) is 0 Å². The number of aliphatic hydroxyl groups excluding tert-OH is 2. The van der Waals surface area contributed by atoms with Crippen LogP contribution in [0.5, 0.6) is 0 Å². The van der Waals surface area contributed by atoms with Crippen molar-refractivity contribution in [1.29, 1.82) is 0 Å². The van der Waals surface area contributed by atoms with Crippen molar-refractivity contribution in [2.45, 2.75) is 25.6 Å². The molecule has 0 aliphatic rings. The number of hydrogen-bond donors (Lipinski definition) is 4. The van der Waals surface area contributed by atoms with E-state index in [0.29, 0.717) is 18.5 Å². The van der Waals surface area contributed by atoms with Gasteiger partial charge in [0.2, 0.25) is 0 Å². The third kappa shape index (κ3) is 2.89. The molecule has 6 N–H and O–H groups in total. The average Bonchev–Trinajstić information content (AvgIpc) is 2.21. The molecule has 0 spiro atoms. The topological polar surface area (TPSA) is 105 Å². The third-order valence-corrected chi connectivity index (χ3v) is 2.23. The summed E-state index contributed by atoms with van der Waals surface area (Å²) in [6.45, 7) is 2.16. The monoisotopic (exact) mass is 211 g/mol. The van der Waals surface area contributed by atoms with Gasteiger partial charge in [-0.15, -0.1) is 0 Å². The SMILES string of the molecule is Cc1cnc(N)c(C(O)C(O)CCN)c1. The molecule has 0 saturated heterocycles. The van der Waals surface area contributed by atoms with Crippen molar-refractivity contribution in [3.8, 4) is 0 Å². The summed E-state index contributed by atoms with van der Waals surface area (Å²) in [6, 6.07) is 1.72. The number of nitrogens with zero attached hydrogens (tertiary/aromatic N) is 1. The van der Waals surface area contributed by atoms with E-state index in [1.54, 1.807) is 12.3 Å². The summed E-state index contributed by atoms with van der Waals surface area (Å²) in [5.41, 5.74) is 12.2. The Morgan fingerprint density at radius 2 is 2.13 bits per heavy atom. The third-order valence-electron chi connectivity index (χ3n) is 2.23. The van der Waals surface area contributed by atoms with Crippen LogP contribution in [0.25, 0.3) is 0 Å². The Morgan fingerprint density at radius 1 is 1.47 bits per heavy atom. The fraction of sp³-hybridized carbons (Fsp3) is 0.500. The van der Waals surface area contributed by atoms with Crippen molar-refractivity contribution in [2.24, 2.45) is 5.73 Å². The molecular formula is C10H17N3O2. The van der Waals surface area contributed by atoms with E-state index in [0.717, 1.165) is 5.56 Å². The zero-order valence-corrected chi connectivity index (χ0v) is 8.72. The van der Waals surface area contributed by atoms with Gasteiger partial charge in [-0.2, -0.15) is 0 Å². The number of aromatic nitrogens is 1. The zero-order chi connectivity index (χ0) is 11.4. The van der Waals surface area contributed by atoms with Gasteiger partial charge in [0, 0.05) is 11.8 Å². The predicted molar refractivity (Wildman–Crippen MR) is 58.0 cm³/mol. The van der Waals surface area contributed by atoms with Crippen LogP contribution in [0.15, 0.2) is 12.3 Å². The summed E-state index contributed by atoms with van der Waals surface area (Å²) in [6.07, 6.45) is 0.0111. The summed E-state index contributed by atoms with van der Waals surface area (Å²) in [7, 11) is 0. The van der Waals surface area contributed by atoms with E-state index in [2.05, 4.69) is 4.98 Å². The van der Waals surface area contributed by atoms with Crippen molar-refractivity contribution >= 4 is 5.82 Å². The van der Waals surface area contributed by atoms with E-state index < -0.39 is 12.2 Å². The minimum atomic E-state index is -1.03. The lowest BCUT2D eigenvalue weighted by Gasteiger charge is -2.18. The first-order chi connectivity index (χ1) is 7.06. The van der Waals surface area contributed by atoms with Crippen LogP contribution in [0.3, 0.4) is 0 Å². The molecule has 1 aromatic heterocycles. The van der Waals surface area contributed by atoms with Gasteiger partial charge in [-0.3, -0.25) is 0 Å². The fourth-order valence-corrected chi connectivity index (χ4v) is 1.38. The van der Waals surface area contributed by atoms with Gasteiger partial charge >= 0.3 is 0 Å². The lowest BCUT2D eigenvalue weighted by atomic mass is 10.0. The molecule has 0 saturated carbocycles. The smallest absolute Gasteiger partial charge is 0.129 e. The van der Waals surface area contributed by atoms with Gasteiger partial charge in [-0.1, -0.05) is 0 Å². The van der Waals surface area contributed by atoms with Crippen LogP contribution < -0.4 is 11.5 Å². The van der Waals surface area contributed by atoms with Gasteiger partial charge in [-0.25, -0.2) is 4.98 Å². The number of anilines is 1. The van der Waals surface area contributed by atoms with Crippen molar-refractivity contribution in [2.75, 3.05) is 12.3 Å². The summed E-state index contributed by atoms with van der Waals surface area (Å²) in [5.74, 6) is 0.240. The maximum absolute atomic E-state index is 9.80. The van der Waals surface area contributed by atoms with Crippen LogP contribution in [0.1, 0.15) is 23.7 Å². The second-order valence-electron chi connectivity index (χ2n) is 3.58. The normalized spacial score (nSPS) is 14.9. The summed E-state index contributed by atoms with van der Waals surface area (Å²) in [4.78, 5) is 3.92. The van der Waals surface area contributed by atoms with Crippen LogP contribution in [0, 0.1) is 6.92 Å². The Bertz CT molecular complexity index is 330. The van der Waals surface area contributed by atoms with Crippen molar-refractivity contribution in [3.05, 3.63) is 23.4 Å². The van der Waals surface area contributed by atoms with E-state index in [1.165, 1.54) is 0 Å². The van der Waals surface area contributed by atoms with E-state index in [9.17, 15) is 10.2 Å². The first-order valence-electron chi connectivity index (χ1n) is 4.84. The highest BCUT2D eigenvalue weighted by Gasteiger charge is 2.20. The number of aryl methyl sites for hydroxylation is 1. The maximum atomic E-state index is 9.80. The fourth-order valence-electron chi connectivity index (χ4n) is 1.38. The summed E-state index contributed by atoms with van der Waals surface area (Å²) >= 11 is 0. The highest BCUT2D eigenvalue weighted by Crippen LogP contribution is 2.23. The number of nitrogens with two attached hydrogens (primary N) is 2. The van der Waals surface area contributed by atoms with Gasteiger partial charge in [0.15, 0.2) is 0 Å². The van der Waals surface area contributed by atoms with E-state index in [1.807, 2.05) is 6.92 Å². The molecule has 0 radical (unpaired) electrons. The van der Waals surface area contributed by atoms with Crippen molar-refractivity contribution in [3.63, 3.8) is 0 Å². The Labute approximate surface area is 88.7 Å². The predicted octanol–water partition coefficient (Wildman–Crippen LogP) is -0.285. The number of hydrogen-bond acceptors (Lipinski definition) is 5. The molecule has 5 heteroatoms. The largest absolute Gasteiger partial charge is 0.390 e. The van der Waals surface area contributed by atoms with Gasteiger partial charge in [0.1, 0.15) is 11.9 Å². The Hall–Kier alpha value is -1.17. The average molecular weight is 211 g/mol. The highest BCUT2D eigenvalue weighted by atomic mass is 16.3. The zero-order valence-electron chi connectivity index (χ0n) is 8.72. The number of aliphatic hydroxyl groups is 2. The lowest BCUT2D eigenvalue weighted by molar-refractivity contribution is 0.0152. The molecule has 0 amide bonds. The molecule has 0 aliphatic heterocycles. The molecule has 5 nitrogen and oxygen atoms in total. The molecule has 1 aromatic rings. The maximum Gasteiger partial charge on any atom is 0.129 e. The second-order valence-corrected chi connectivity index (χ2v) is 3.58. The summed E-state index contributed by atoms with van der Waals surface area (Å²) in [5, 5.41) is 19.4. The second kappa shape index (κ2) is 5.06. The number of nitrogen functional groups attached to an aromatic ring is 1. The van der Waals surface area contributed by atoms with Gasteiger partial charge < -0.3 is 21.7 Å². The van der Waals surface area contributed by atoms with Gasteiger partial charge in [0.25, 0.3) is 0 Å². The molecule has 1 rings (SSSR count). The van der Waals surface area contributed by atoms with E-state index >= 15 is 0 Å². The molecule has 84 valence electrons. The Balaban J connectivity index is 2.89. The van der Waals surface area contributed by atoms with E-state index in [-0.39, 0.29) is 5.82 Å². The molecule has 0 aromatic carbocycles. The Morgan fingerprint density at radius 3 is 2.73 bits per heavy atom. The molecule has 0 fully saturated rings.